The number of rotatable bonds is 4. The van der Waals surface area contributed by atoms with E-state index in [4.69, 9.17) is 24.4 Å². The molecule has 0 unspecified atom stereocenters. The summed E-state index contributed by atoms with van der Waals surface area (Å²) < 4.78 is 0. The normalized spacial score (nSPS) is 22.4. The Kier molecular flexibility index (Phi) is 8.05. The Balaban J connectivity index is 2.14. The molecule has 0 radical (unpaired) electrons. The fourth-order valence-corrected chi connectivity index (χ4v) is 2.63. The van der Waals surface area contributed by atoms with Crippen molar-refractivity contribution >= 4 is 34.7 Å². The SMILES string of the molecule is CCCCNC(=S)NNC(=S)N[C@@H]1CCCC[C@@H]1C. The van der Waals surface area contributed by atoms with E-state index in [1.807, 2.05) is 0 Å². The minimum Gasteiger partial charge on any atom is -0.361 e. The van der Waals surface area contributed by atoms with Gasteiger partial charge in [0.2, 0.25) is 0 Å². The maximum Gasteiger partial charge on any atom is 0.185 e. The summed E-state index contributed by atoms with van der Waals surface area (Å²) in [7, 11) is 0. The molecule has 4 N–H and O–H groups in total. The molecule has 0 aromatic heterocycles. The summed E-state index contributed by atoms with van der Waals surface area (Å²) in [5.41, 5.74) is 5.86. The molecule has 1 fully saturated rings. The summed E-state index contributed by atoms with van der Waals surface area (Å²) >= 11 is 10.4. The second kappa shape index (κ2) is 9.31. The molecule has 0 aromatic rings. The molecule has 6 heteroatoms. The minimum atomic E-state index is 0.483. The number of hydrazine groups is 1. The highest BCUT2D eigenvalue weighted by Gasteiger charge is 2.21. The van der Waals surface area contributed by atoms with Gasteiger partial charge in [-0.3, -0.25) is 10.9 Å². The van der Waals surface area contributed by atoms with Gasteiger partial charge >= 0.3 is 0 Å². The van der Waals surface area contributed by atoms with Gasteiger partial charge in [-0.2, -0.15) is 0 Å². The fraction of sp³-hybridized carbons (Fsp3) is 0.846. The average Bonchev–Trinajstić information content (AvgIpc) is 2.39. The molecular weight excluding hydrogens is 276 g/mol. The van der Waals surface area contributed by atoms with Crippen molar-refractivity contribution in [2.45, 2.75) is 58.4 Å². The molecule has 19 heavy (non-hydrogen) atoms. The maximum absolute atomic E-state index is 5.27. The zero-order valence-electron chi connectivity index (χ0n) is 11.9. The Hall–Kier alpha value is -0.620. The summed E-state index contributed by atoms with van der Waals surface area (Å²) in [6, 6.07) is 0.483. The van der Waals surface area contributed by atoms with Crippen molar-refractivity contribution in [3.8, 4) is 0 Å². The molecule has 0 spiro atoms. The highest BCUT2D eigenvalue weighted by Crippen LogP contribution is 2.23. The molecule has 0 aromatic carbocycles. The van der Waals surface area contributed by atoms with Crippen LogP contribution < -0.4 is 21.5 Å². The van der Waals surface area contributed by atoms with Crippen LogP contribution in [0.25, 0.3) is 0 Å². The standard InChI is InChI=1S/C13H26N4S2/c1-3-4-9-14-12(18)16-17-13(19)15-11-8-6-5-7-10(11)2/h10-11H,3-9H2,1-2H3,(H2,14,16,18)(H2,15,17,19)/t10-,11+/m0/s1. The Morgan fingerprint density at radius 3 is 2.47 bits per heavy atom. The second-order valence-electron chi connectivity index (χ2n) is 5.20. The molecule has 1 rings (SSSR count). The van der Waals surface area contributed by atoms with Crippen molar-refractivity contribution in [2.24, 2.45) is 5.92 Å². The Morgan fingerprint density at radius 2 is 1.79 bits per heavy atom. The molecule has 1 aliphatic rings. The third kappa shape index (κ3) is 6.92. The van der Waals surface area contributed by atoms with Crippen LogP contribution >= 0.6 is 24.4 Å². The molecule has 1 saturated carbocycles. The van der Waals surface area contributed by atoms with Crippen LogP contribution in [0, 0.1) is 5.92 Å². The van der Waals surface area contributed by atoms with Crippen molar-refractivity contribution in [1.82, 2.24) is 21.5 Å². The van der Waals surface area contributed by atoms with Gasteiger partial charge in [-0.15, -0.1) is 0 Å². The van der Waals surface area contributed by atoms with E-state index in [1.165, 1.54) is 25.7 Å². The first-order valence-corrected chi connectivity index (χ1v) is 8.05. The van der Waals surface area contributed by atoms with Crippen LogP contribution in [-0.2, 0) is 0 Å². The summed E-state index contributed by atoms with van der Waals surface area (Å²) in [6.45, 7) is 5.33. The lowest BCUT2D eigenvalue weighted by Crippen LogP contribution is -2.53. The number of thiocarbonyl (C=S) groups is 2. The van der Waals surface area contributed by atoms with Gasteiger partial charge in [-0.25, -0.2) is 0 Å². The lowest BCUT2D eigenvalue weighted by atomic mass is 9.86. The Morgan fingerprint density at radius 1 is 1.11 bits per heavy atom. The van der Waals surface area contributed by atoms with Crippen LogP contribution in [0.5, 0.6) is 0 Å². The zero-order chi connectivity index (χ0) is 14.1. The van der Waals surface area contributed by atoms with Crippen LogP contribution in [-0.4, -0.2) is 22.8 Å². The molecule has 0 bridgehead atoms. The Bertz CT molecular complexity index is 296. The topological polar surface area (TPSA) is 48.1 Å². The van der Waals surface area contributed by atoms with Gasteiger partial charge in [0.15, 0.2) is 10.2 Å². The van der Waals surface area contributed by atoms with E-state index >= 15 is 0 Å². The fourth-order valence-electron chi connectivity index (χ4n) is 2.27. The smallest absolute Gasteiger partial charge is 0.185 e. The van der Waals surface area contributed by atoms with E-state index in [0.717, 1.165) is 19.4 Å². The molecule has 0 amide bonds. The van der Waals surface area contributed by atoms with Crippen molar-refractivity contribution < 1.29 is 0 Å². The minimum absolute atomic E-state index is 0.483. The van der Waals surface area contributed by atoms with Gasteiger partial charge in [0.05, 0.1) is 0 Å². The molecular formula is C13H26N4S2. The summed E-state index contributed by atoms with van der Waals surface area (Å²) in [5.74, 6) is 0.683. The molecule has 4 nitrogen and oxygen atoms in total. The molecule has 0 heterocycles. The van der Waals surface area contributed by atoms with Crippen LogP contribution in [0.1, 0.15) is 52.4 Å². The van der Waals surface area contributed by atoms with E-state index in [-0.39, 0.29) is 0 Å². The van der Waals surface area contributed by atoms with Crippen molar-refractivity contribution in [3.63, 3.8) is 0 Å². The highest BCUT2D eigenvalue weighted by atomic mass is 32.1. The first-order valence-electron chi connectivity index (χ1n) is 7.23. The highest BCUT2D eigenvalue weighted by molar-refractivity contribution is 7.80. The van der Waals surface area contributed by atoms with Crippen LogP contribution in [0.15, 0.2) is 0 Å². The first-order chi connectivity index (χ1) is 9.13. The van der Waals surface area contributed by atoms with Gasteiger partial charge in [-0.05, 0) is 49.6 Å². The van der Waals surface area contributed by atoms with E-state index < -0.39 is 0 Å². The third-order valence-electron chi connectivity index (χ3n) is 3.53. The van der Waals surface area contributed by atoms with Gasteiger partial charge in [0, 0.05) is 12.6 Å². The van der Waals surface area contributed by atoms with Crippen LogP contribution in [0.2, 0.25) is 0 Å². The van der Waals surface area contributed by atoms with Crippen LogP contribution in [0.3, 0.4) is 0 Å². The van der Waals surface area contributed by atoms with Gasteiger partial charge in [0.25, 0.3) is 0 Å². The van der Waals surface area contributed by atoms with Crippen molar-refractivity contribution in [2.75, 3.05) is 6.54 Å². The number of hydrogen-bond donors (Lipinski definition) is 4. The second-order valence-corrected chi connectivity index (χ2v) is 6.02. The lowest BCUT2D eigenvalue weighted by Gasteiger charge is -2.30. The third-order valence-corrected chi connectivity index (χ3v) is 4.00. The van der Waals surface area contributed by atoms with E-state index in [2.05, 4.69) is 35.3 Å². The molecule has 0 saturated heterocycles. The monoisotopic (exact) mass is 302 g/mol. The average molecular weight is 303 g/mol. The van der Waals surface area contributed by atoms with Gasteiger partial charge < -0.3 is 10.6 Å². The van der Waals surface area contributed by atoms with Crippen molar-refractivity contribution in [1.29, 1.82) is 0 Å². The molecule has 1 aliphatic carbocycles. The van der Waals surface area contributed by atoms with E-state index in [1.54, 1.807) is 0 Å². The zero-order valence-corrected chi connectivity index (χ0v) is 13.6. The van der Waals surface area contributed by atoms with Gasteiger partial charge in [0.1, 0.15) is 0 Å². The predicted octanol–water partition coefficient (Wildman–Crippen LogP) is 2.21. The number of hydrogen-bond acceptors (Lipinski definition) is 2. The molecule has 2 atom stereocenters. The first kappa shape index (κ1) is 16.4. The number of unbranched alkanes of at least 4 members (excludes halogenated alkanes) is 1. The summed E-state index contributed by atoms with van der Waals surface area (Å²) in [5, 5.41) is 7.70. The quantitative estimate of drug-likeness (QED) is 0.363. The number of nitrogens with one attached hydrogen (secondary N) is 4. The Labute approximate surface area is 127 Å². The van der Waals surface area contributed by atoms with E-state index in [9.17, 15) is 0 Å². The maximum atomic E-state index is 5.27. The van der Waals surface area contributed by atoms with Crippen LogP contribution in [0.4, 0.5) is 0 Å². The molecule has 110 valence electrons. The van der Waals surface area contributed by atoms with Gasteiger partial charge in [-0.1, -0.05) is 33.1 Å². The largest absolute Gasteiger partial charge is 0.361 e. The van der Waals surface area contributed by atoms with E-state index in [0.29, 0.717) is 22.2 Å². The predicted molar refractivity (Wildman–Crippen MR) is 88.9 cm³/mol. The lowest BCUT2D eigenvalue weighted by molar-refractivity contribution is 0.308. The summed E-state index contributed by atoms with van der Waals surface area (Å²) in [4.78, 5) is 0. The molecule has 0 aliphatic heterocycles. The van der Waals surface area contributed by atoms with Crippen molar-refractivity contribution in [3.05, 3.63) is 0 Å². The summed E-state index contributed by atoms with van der Waals surface area (Å²) in [6.07, 6.45) is 7.37.